The molecule has 0 saturated carbocycles. The molecule has 9 heteroatoms. The first-order chi connectivity index (χ1) is 14.5. The maximum Gasteiger partial charge on any atom is 0.284 e. The largest absolute Gasteiger partial charge is 0.493 e. The van der Waals surface area contributed by atoms with Crippen molar-refractivity contribution >= 4 is 34.7 Å². The van der Waals surface area contributed by atoms with Crippen LogP contribution in [0.3, 0.4) is 0 Å². The number of carbonyl (C=O) groups is 1. The third kappa shape index (κ3) is 4.63. The monoisotopic (exact) mass is 441 g/mol. The van der Waals surface area contributed by atoms with Gasteiger partial charge in [-0.25, -0.2) is 4.98 Å². The van der Waals surface area contributed by atoms with Gasteiger partial charge in [0.25, 0.3) is 11.6 Å². The SMILES string of the molecule is Cc1csc(Sc2ccc(C(=O)NCC3COc4ccccc4C3)cc2[N+](=O)[O-])n1. The predicted molar refractivity (Wildman–Crippen MR) is 116 cm³/mol. The zero-order valence-electron chi connectivity index (χ0n) is 16.2. The molecule has 1 unspecified atom stereocenters. The van der Waals surface area contributed by atoms with E-state index in [-0.39, 0.29) is 23.1 Å². The number of hydrogen-bond donors (Lipinski definition) is 1. The third-order valence-corrected chi connectivity index (χ3v) is 6.84. The standard InChI is InChI=1S/C21H19N3O4S2/c1-13-12-29-21(23-13)30-19-7-6-16(9-17(19)24(26)27)20(25)22-10-14-8-15-4-2-3-5-18(15)28-11-14/h2-7,9,12,14H,8,10-11H2,1H3,(H,22,25). The van der Waals surface area contributed by atoms with Crippen LogP contribution in [0.25, 0.3) is 0 Å². The summed E-state index contributed by atoms with van der Waals surface area (Å²) in [6, 6.07) is 12.4. The lowest BCUT2D eigenvalue weighted by Gasteiger charge is -2.25. The number of aromatic nitrogens is 1. The van der Waals surface area contributed by atoms with Gasteiger partial charge in [-0.1, -0.05) is 30.0 Å². The molecular weight excluding hydrogens is 422 g/mol. The molecule has 2 heterocycles. The molecule has 1 atom stereocenters. The number of amides is 1. The Labute approximate surface area is 181 Å². The van der Waals surface area contributed by atoms with Crippen LogP contribution in [0.15, 0.2) is 57.1 Å². The topological polar surface area (TPSA) is 94.4 Å². The van der Waals surface area contributed by atoms with Gasteiger partial charge in [0.05, 0.1) is 16.4 Å². The average molecular weight is 442 g/mol. The molecule has 4 rings (SSSR count). The van der Waals surface area contributed by atoms with Crippen LogP contribution in [0.5, 0.6) is 5.75 Å². The number of nitro benzene ring substituents is 1. The molecule has 0 radical (unpaired) electrons. The number of para-hydroxylation sites is 1. The van der Waals surface area contributed by atoms with E-state index in [2.05, 4.69) is 10.3 Å². The Morgan fingerprint density at radius 1 is 1.37 bits per heavy atom. The maximum atomic E-state index is 12.6. The maximum absolute atomic E-state index is 12.6. The van der Waals surface area contributed by atoms with Crippen LogP contribution in [0.1, 0.15) is 21.6 Å². The fourth-order valence-corrected chi connectivity index (χ4v) is 5.10. The Kier molecular flexibility index (Phi) is 6.01. The highest BCUT2D eigenvalue weighted by Gasteiger charge is 2.22. The Balaban J connectivity index is 1.42. The molecule has 154 valence electrons. The number of carbonyl (C=O) groups excluding carboxylic acids is 1. The minimum Gasteiger partial charge on any atom is -0.493 e. The molecule has 1 aliphatic rings. The van der Waals surface area contributed by atoms with Crippen molar-refractivity contribution in [2.75, 3.05) is 13.2 Å². The van der Waals surface area contributed by atoms with Crippen molar-refractivity contribution in [3.05, 3.63) is 74.8 Å². The normalized spacial score (nSPS) is 15.2. The van der Waals surface area contributed by atoms with E-state index in [1.54, 1.807) is 12.1 Å². The van der Waals surface area contributed by atoms with Crippen LogP contribution >= 0.6 is 23.1 Å². The van der Waals surface area contributed by atoms with Crippen LogP contribution < -0.4 is 10.1 Å². The van der Waals surface area contributed by atoms with Gasteiger partial charge in [0.2, 0.25) is 0 Å². The summed E-state index contributed by atoms with van der Waals surface area (Å²) in [5, 5.41) is 16.3. The molecule has 0 spiro atoms. The summed E-state index contributed by atoms with van der Waals surface area (Å²) < 4.78 is 6.48. The van der Waals surface area contributed by atoms with Crippen LogP contribution in [-0.4, -0.2) is 29.0 Å². The van der Waals surface area contributed by atoms with E-state index in [4.69, 9.17) is 4.74 Å². The van der Waals surface area contributed by atoms with Crippen LogP contribution in [-0.2, 0) is 6.42 Å². The zero-order valence-corrected chi connectivity index (χ0v) is 17.8. The van der Waals surface area contributed by atoms with Gasteiger partial charge in [-0.15, -0.1) is 11.3 Å². The molecule has 1 N–H and O–H groups in total. The summed E-state index contributed by atoms with van der Waals surface area (Å²) in [7, 11) is 0. The van der Waals surface area contributed by atoms with Crippen molar-refractivity contribution in [2.24, 2.45) is 5.92 Å². The van der Waals surface area contributed by atoms with Gasteiger partial charge in [-0.05, 0) is 37.1 Å². The fourth-order valence-electron chi connectivity index (χ4n) is 3.22. The number of aryl methyl sites for hydroxylation is 1. The average Bonchev–Trinajstić information content (AvgIpc) is 3.16. The van der Waals surface area contributed by atoms with Gasteiger partial charge >= 0.3 is 0 Å². The van der Waals surface area contributed by atoms with Crippen molar-refractivity contribution in [3.63, 3.8) is 0 Å². The summed E-state index contributed by atoms with van der Waals surface area (Å²) in [5.41, 5.74) is 2.15. The molecule has 0 aliphatic carbocycles. The Morgan fingerprint density at radius 3 is 2.97 bits per heavy atom. The third-order valence-electron chi connectivity index (χ3n) is 4.72. The second-order valence-corrected chi connectivity index (χ2v) is 9.14. The van der Waals surface area contributed by atoms with Crippen molar-refractivity contribution in [1.82, 2.24) is 10.3 Å². The molecule has 2 aromatic carbocycles. The van der Waals surface area contributed by atoms with Crippen LogP contribution in [0.4, 0.5) is 5.69 Å². The first-order valence-corrected chi connectivity index (χ1v) is 11.1. The molecule has 3 aromatic rings. The summed E-state index contributed by atoms with van der Waals surface area (Å²) in [4.78, 5) is 28.5. The first kappa shape index (κ1) is 20.4. The molecule has 0 saturated heterocycles. The summed E-state index contributed by atoms with van der Waals surface area (Å²) in [6.07, 6.45) is 0.819. The lowest BCUT2D eigenvalue weighted by molar-refractivity contribution is -0.387. The second kappa shape index (κ2) is 8.85. The molecule has 1 aliphatic heterocycles. The molecule has 1 amide bonds. The van der Waals surface area contributed by atoms with Crippen molar-refractivity contribution in [1.29, 1.82) is 0 Å². The number of fused-ring (bicyclic) bond motifs is 1. The number of benzene rings is 2. The van der Waals surface area contributed by atoms with E-state index < -0.39 is 4.92 Å². The Morgan fingerprint density at radius 2 is 2.20 bits per heavy atom. The highest BCUT2D eigenvalue weighted by molar-refractivity contribution is 8.01. The van der Waals surface area contributed by atoms with E-state index in [1.165, 1.54) is 29.2 Å². The van der Waals surface area contributed by atoms with Gasteiger partial charge in [0.15, 0.2) is 4.34 Å². The van der Waals surface area contributed by atoms with Gasteiger partial charge in [0.1, 0.15) is 5.75 Å². The molecule has 30 heavy (non-hydrogen) atoms. The summed E-state index contributed by atoms with van der Waals surface area (Å²) in [5.74, 6) is 0.708. The first-order valence-electron chi connectivity index (χ1n) is 9.37. The van der Waals surface area contributed by atoms with Crippen LogP contribution in [0, 0.1) is 23.0 Å². The minimum absolute atomic E-state index is 0.101. The quantitative estimate of drug-likeness (QED) is 0.447. The minimum atomic E-state index is -0.467. The number of rotatable bonds is 6. The number of ether oxygens (including phenoxy) is 1. The van der Waals surface area contributed by atoms with E-state index in [0.29, 0.717) is 18.0 Å². The highest BCUT2D eigenvalue weighted by atomic mass is 32.2. The Hall–Kier alpha value is -2.91. The smallest absolute Gasteiger partial charge is 0.284 e. The lowest BCUT2D eigenvalue weighted by atomic mass is 9.96. The van der Waals surface area contributed by atoms with Gasteiger partial charge < -0.3 is 10.1 Å². The highest BCUT2D eigenvalue weighted by Crippen LogP contribution is 2.36. The molecule has 7 nitrogen and oxygen atoms in total. The number of nitrogens with one attached hydrogen (secondary N) is 1. The van der Waals surface area contributed by atoms with E-state index in [0.717, 1.165) is 27.8 Å². The van der Waals surface area contributed by atoms with E-state index >= 15 is 0 Å². The van der Waals surface area contributed by atoms with Gasteiger partial charge in [-0.2, -0.15) is 0 Å². The van der Waals surface area contributed by atoms with Crippen molar-refractivity contribution < 1.29 is 14.5 Å². The van der Waals surface area contributed by atoms with Crippen LogP contribution in [0.2, 0.25) is 0 Å². The molecular formula is C21H19N3O4S2. The van der Waals surface area contributed by atoms with E-state index in [1.807, 2.05) is 36.6 Å². The fraction of sp³-hybridized carbons (Fsp3) is 0.238. The lowest BCUT2D eigenvalue weighted by Crippen LogP contribution is -2.34. The van der Waals surface area contributed by atoms with E-state index in [9.17, 15) is 14.9 Å². The summed E-state index contributed by atoms with van der Waals surface area (Å²) >= 11 is 2.66. The molecule has 0 bridgehead atoms. The number of nitro groups is 1. The molecule has 1 aromatic heterocycles. The van der Waals surface area contributed by atoms with Gasteiger partial charge in [-0.3, -0.25) is 14.9 Å². The van der Waals surface area contributed by atoms with Crippen molar-refractivity contribution in [3.8, 4) is 5.75 Å². The molecule has 0 fully saturated rings. The predicted octanol–water partition coefficient (Wildman–Crippen LogP) is 4.49. The summed E-state index contributed by atoms with van der Waals surface area (Å²) in [6.45, 7) is 2.84. The Bertz CT molecular complexity index is 1100. The zero-order chi connectivity index (χ0) is 21.1. The van der Waals surface area contributed by atoms with Crippen molar-refractivity contribution in [2.45, 2.75) is 22.6 Å². The number of hydrogen-bond acceptors (Lipinski definition) is 7. The second-order valence-electron chi connectivity index (χ2n) is 7.00. The van der Waals surface area contributed by atoms with Gasteiger partial charge in [0, 0.05) is 35.2 Å². The number of thiazole rings is 1. The number of nitrogens with zero attached hydrogens (tertiary/aromatic N) is 2.